The monoisotopic (exact) mass is 463 g/mol. The van der Waals surface area contributed by atoms with Crippen molar-refractivity contribution < 1.29 is 19.4 Å². The zero-order chi connectivity index (χ0) is 24.6. The highest BCUT2D eigenvalue weighted by Gasteiger charge is 2.34. The molecule has 180 valence electrons. The fourth-order valence-electron chi connectivity index (χ4n) is 4.50. The Balaban J connectivity index is 1.68. The normalized spacial score (nSPS) is 18.7. The molecule has 0 aliphatic carbocycles. The highest BCUT2D eigenvalue weighted by molar-refractivity contribution is 5.81. The van der Waals surface area contributed by atoms with Gasteiger partial charge < -0.3 is 19.5 Å². The van der Waals surface area contributed by atoms with Crippen molar-refractivity contribution in [3.63, 3.8) is 0 Å². The van der Waals surface area contributed by atoms with Crippen molar-refractivity contribution in [3.8, 4) is 17.0 Å². The fourth-order valence-corrected chi connectivity index (χ4v) is 4.50. The molecule has 7 heteroatoms. The van der Waals surface area contributed by atoms with Gasteiger partial charge in [-0.2, -0.15) is 0 Å². The van der Waals surface area contributed by atoms with Gasteiger partial charge in [-0.1, -0.05) is 6.07 Å². The topological polar surface area (TPSA) is 84.8 Å². The van der Waals surface area contributed by atoms with Gasteiger partial charge in [0.2, 0.25) is 0 Å². The van der Waals surface area contributed by atoms with Gasteiger partial charge in [-0.05, 0) is 82.5 Å². The summed E-state index contributed by atoms with van der Waals surface area (Å²) in [6.07, 6.45) is -0.490. The third-order valence-corrected chi connectivity index (χ3v) is 6.10. The predicted molar refractivity (Wildman–Crippen MR) is 132 cm³/mol. The van der Waals surface area contributed by atoms with Crippen molar-refractivity contribution in [3.05, 3.63) is 53.2 Å². The molecule has 34 heavy (non-hydrogen) atoms. The molecule has 4 rings (SSSR count). The van der Waals surface area contributed by atoms with E-state index in [1.807, 2.05) is 65.0 Å². The highest BCUT2D eigenvalue weighted by atomic mass is 16.6. The van der Waals surface area contributed by atoms with Crippen molar-refractivity contribution >= 4 is 17.1 Å². The van der Waals surface area contributed by atoms with E-state index in [9.17, 15) is 9.90 Å². The van der Waals surface area contributed by atoms with Crippen LogP contribution in [0.15, 0.2) is 36.4 Å². The van der Waals surface area contributed by atoms with Gasteiger partial charge in [-0.25, -0.2) is 14.8 Å². The van der Waals surface area contributed by atoms with E-state index >= 15 is 0 Å². The van der Waals surface area contributed by atoms with E-state index < -0.39 is 11.7 Å². The number of pyridine rings is 2. The van der Waals surface area contributed by atoms with E-state index in [1.54, 1.807) is 12.0 Å². The maximum atomic E-state index is 12.6. The van der Waals surface area contributed by atoms with Crippen LogP contribution in [0, 0.1) is 13.8 Å². The van der Waals surface area contributed by atoms with E-state index in [2.05, 4.69) is 6.07 Å². The van der Waals surface area contributed by atoms with Crippen LogP contribution in [-0.2, 0) is 4.74 Å². The van der Waals surface area contributed by atoms with Crippen LogP contribution in [0.2, 0.25) is 0 Å². The van der Waals surface area contributed by atoms with Crippen LogP contribution in [0.25, 0.3) is 22.3 Å². The fraction of sp³-hybridized carbons (Fsp3) is 0.444. The number of carbonyl (C=O) groups excluding carboxylic acids is 1. The van der Waals surface area contributed by atoms with Crippen molar-refractivity contribution in [2.24, 2.45) is 0 Å². The molecule has 1 N–H and O–H groups in total. The number of likely N-dealkylation sites (tertiary alicyclic amines) is 1. The van der Waals surface area contributed by atoms with E-state index in [-0.39, 0.29) is 12.0 Å². The summed E-state index contributed by atoms with van der Waals surface area (Å²) in [6, 6.07) is 12.0. The molecule has 2 unspecified atom stereocenters. The zero-order valence-electron chi connectivity index (χ0n) is 20.8. The van der Waals surface area contributed by atoms with Crippen molar-refractivity contribution in [1.29, 1.82) is 0 Å². The molecule has 0 saturated carbocycles. The average Bonchev–Trinajstić information content (AvgIpc) is 2.77. The van der Waals surface area contributed by atoms with Crippen LogP contribution in [0.4, 0.5) is 4.79 Å². The molecule has 1 fully saturated rings. The van der Waals surface area contributed by atoms with Crippen LogP contribution in [0.1, 0.15) is 49.9 Å². The molecule has 0 radical (unpaired) electrons. The number of nitrogens with zero attached hydrogens (tertiary/aromatic N) is 3. The number of aryl methyl sites for hydroxylation is 2. The van der Waals surface area contributed by atoms with Gasteiger partial charge in [0.05, 0.1) is 24.6 Å². The second-order valence-corrected chi connectivity index (χ2v) is 10.0. The molecule has 1 saturated heterocycles. The Morgan fingerprint density at radius 2 is 1.85 bits per heavy atom. The molecule has 0 spiro atoms. The summed E-state index contributed by atoms with van der Waals surface area (Å²) in [5, 5.41) is 11.6. The third-order valence-electron chi connectivity index (χ3n) is 6.10. The first-order valence-corrected chi connectivity index (χ1v) is 11.6. The number of hydrogen-bond donors (Lipinski definition) is 1. The Morgan fingerprint density at radius 1 is 1.12 bits per heavy atom. The maximum absolute atomic E-state index is 12.6. The molecule has 1 amide bonds. The largest absolute Gasteiger partial charge is 0.496 e. The summed E-state index contributed by atoms with van der Waals surface area (Å²) in [7, 11) is 1.66. The van der Waals surface area contributed by atoms with Gasteiger partial charge in [0.15, 0.2) is 5.65 Å². The minimum Gasteiger partial charge on any atom is -0.496 e. The highest BCUT2D eigenvalue weighted by Crippen LogP contribution is 2.34. The first-order chi connectivity index (χ1) is 16.1. The average molecular weight is 464 g/mol. The Bertz CT molecular complexity index is 1220. The number of aromatic nitrogens is 2. The standard InChI is InChI=1S/C27H33N3O4/c1-16-13-17(2)24(23(14-16)33-6)21-10-8-18-7-9-20(28-25(18)29-21)19-15-30(12-11-22(19)31)26(32)34-27(3,4)5/h7-10,13-14,19,22,31H,11-12,15H2,1-6H3. The molecule has 1 aromatic carbocycles. The number of piperidine rings is 1. The van der Waals surface area contributed by atoms with E-state index in [1.165, 1.54) is 0 Å². The SMILES string of the molecule is COc1cc(C)cc(C)c1-c1ccc2ccc(C3CN(C(=O)OC(C)(C)C)CCC3O)nc2n1. The lowest BCUT2D eigenvalue weighted by Crippen LogP contribution is -2.46. The molecule has 1 aliphatic heterocycles. The Hall–Kier alpha value is -3.19. The first kappa shape index (κ1) is 24.0. The molecule has 0 bridgehead atoms. The van der Waals surface area contributed by atoms with Gasteiger partial charge in [0.1, 0.15) is 11.4 Å². The van der Waals surface area contributed by atoms with E-state index in [0.717, 1.165) is 33.5 Å². The maximum Gasteiger partial charge on any atom is 0.410 e. The molecule has 1 aliphatic rings. The summed E-state index contributed by atoms with van der Waals surface area (Å²) < 4.78 is 11.2. The number of aliphatic hydroxyl groups is 1. The number of benzene rings is 1. The minimum absolute atomic E-state index is 0.313. The van der Waals surface area contributed by atoms with Gasteiger partial charge >= 0.3 is 6.09 Å². The second kappa shape index (κ2) is 9.22. The van der Waals surface area contributed by atoms with E-state index in [4.69, 9.17) is 19.4 Å². The summed E-state index contributed by atoms with van der Waals surface area (Å²) in [5.74, 6) is 0.461. The quantitative estimate of drug-likeness (QED) is 0.588. The van der Waals surface area contributed by atoms with Crippen molar-refractivity contribution in [2.45, 2.75) is 58.7 Å². The Labute approximate surface area is 200 Å². The zero-order valence-corrected chi connectivity index (χ0v) is 20.8. The summed E-state index contributed by atoms with van der Waals surface area (Å²) >= 11 is 0. The summed E-state index contributed by atoms with van der Waals surface area (Å²) in [6.45, 7) is 10.4. The number of carbonyl (C=O) groups is 1. The molecule has 2 atom stereocenters. The van der Waals surface area contributed by atoms with Crippen LogP contribution >= 0.6 is 0 Å². The number of amides is 1. The number of aliphatic hydroxyl groups excluding tert-OH is 1. The Morgan fingerprint density at radius 3 is 2.56 bits per heavy atom. The summed E-state index contributed by atoms with van der Waals surface area (Å²) in [5.41, 5.74) is 4.67. The third kappa shape index (κ3) is 4.99. The minimum atomic E-state index is -0.591. The van der Waals surface area contributed by atoms with E-state index in [0.29, 0.717) is 30.9 Å². The molecular formula is C27H33N3O4. The van der Waals surface area contributed by atoms with Crippen molar-refractivity contribution in [2.75, 3.05) is 20.2 Å². The van der Waals surface area contributed by atoms with Crippen molar-refractivity contribution in [1.82, 2.24) is 14.9 Å². The first-order valence-electron chi connectivity index (χ1n) is 11.6. The number of fused-ring (bicyclic) bond motifs is 1. The van der Waals surface area contributed by atoms with Gasteiger partial charge in [0.25, 0.3) is 0 Å². The lowest BCUT2D eigenvalue weighted by molar-refractivity contribution is 0.00369. The van der Waals surface area contributed by atoms with Gasteiger partial charge in [-0.3, -0.25) is 0 Å². The lowest BCUT2D eigenvalue weighted by Gasteiger charge is -2.36. The van der Waals surface area contributed by atoms with Gasteiger partial charge in [-0.15, -0.1) is 0 Å². The number of ether oxygens (including phenoxy) is 2. The van der Waals surface area contributed by atoms with Crippen LogP contribution in [0.5, 0.6) is 5.75 Å². The van der Waals surface area contributed by atoms with Gasteiger partial charge in [0, 0.05) is 30.0 Å². The smallest absolute Gasteiger partial charge is 0.410 e. The second-order valence-electron chi connectivity index (χ2n) is 10.0. The number of rotatable bonds is 3. The molecule has 3 aromatic rings. The Kier molecular flexibility index (Phi) is 6.49. The predicted octanol–water partition coefficient (Wildman–Crippen LogP) is 5.01. The van der Waals surface area contributed by atoms with Crippen LogP contribution < -0.4 is 4.74 Å². The molecule has 2 aromatic heterocycles. The molecule has 7 nitrogen and oxygen atoms in total. The summed E-state index contributed by atoms with van der Waals surface area (Å²) in [4.78, 5) is 23.9. The molecule has 3 heterocycles. The lowest BCUT2D eigenvalue weighted by atomic mass is 9.91. The number of hydrogen-bond acceptors (Lipinski definition) is 6. The van der Waals surface area contributed by atoms with Crippen LogP contribution in [-0.4, -0.2) is 58.0 Å². The number of methoxy groups -OCH3 is 1. The molecular weight excluding hydrogens is 430 g/mol. The van der Waals surface area contributed by atoms with Crippen LogP contribution in [0.3, 0.4) is 0 Å².